The molecule has 0 radical (unpaired) electrons. The number of halogens is 4. The van der Waals surface area contributed by atoms with E-state index in [1.54, 1.807) is 0 Å². The molecule has 1 aliphatic rings. The smallest absolute Gasteiger partial charge is 0.225 e. The molecule has 26 heavy (non-hydrogen) atoms. The Hall–Kier alpha value is -2.56. The highest BCUT2D eigenvalue weighted by atomic mass is 32.2. The third-order valence-electron chi connectivity index (χ3n) is 3.78. The molecule has 0 fully saturated rings. The summed E-state index contributed by atoms with van der Waals surface area (Å²) in [6, 6.07) is 9.75. The lowest BCUT2D eigenvalue weighted by Gasteiger charge is -2.25. The number of nitrogens with two attached hydrogens (primary N) is 1. The Morgan fingerprint density at radius 3 is 1.85 bits per heavy atom. The molecule has 0 bridgehead atoms. The summed E-state index contributed by atoms with van der Waals surface area (Å²) >= 11 is 0. The molecule has 0 saturated carbocycles. The predicted octanol–water partition coefficient (Wildman–Crippen LogP) is 3.56. The van der Waals surface area contributed by atoms with Gasteiger partial charge in [0.05, 0.1) is 4.90 Å². The van der Waals surface area contributed by atoms with E-state index < -0.39 is 32.3 Å². The average molecular weight is 386 g/mol. The molecule has 0 aliphatic carbocycles. The minimum absolute atomic E-state index is 0.193. The molecule has 5 nitrogen and oxygen atoms in total. The lowest BCUT2D eigenvalue weighted by atomic mass is 10.2. The van der Waals surface area contributed by atoms with E-state index in [4.69, 9.17) is 5.14 Å². The first-order chi connectivity index (χ1) is 12.0. The molecule has 1 aliphatic heterocycles. The summed E-state index contributed by atoms with van der Waals surface area (Å²) in [5.74, 6) is -0.556. The van der Waals surface area contributed by atoms with E-state index in [1.165, 1.54) is 42.6 Å². The molecule has 10 heteroatoms. The fraction of sp³-hybridized carbons (Fsp3) is 0.0625. The Kier molecular flexibility index (Phi) is 4.21. The van der Waals surface area contributed by atoms with Gasteiger partial charge in [-0.15, -0.1) is 4.59 Å². The standard InChI is InChI=1S/C16H12F4N3O2S/c17-11-1-3-12(4-2-11)23(10-9-15(22-23)16(18,19)20)13-5-7-14(8-6-13)26(21,24)25/h1-10H,(H2,21,24,25)/q+1. The van der Waals surface area contributed by atoms with E-state index in [1.807, 2.05) is 0 Å². The molecule has 0 aromatic heterocycles. The summed E-state index contributed by atoms with van der Waals surface area (Å²) in [5.41, 5.74) is -0.651. The zero-order valence-corrected chi connectivity index (χ0v) is 13.8. The maximum atomic E-state index is 13.2. The molecule has 0 spiro atoms. The van der Waals surface area contributed by atoms with Crippen LogP contribution >= 0.6 is 0 Å². The second-order valence-electron chi connectivity index (χ2n) is 5.50. The lowest BCUT2D eigenvalue weighted by molar-refractivity contribution is -0.0580. The number of allylic oxidation sites excluding steroid dienone is 1. The fourth-order valence-corrected chi connectivity index (χ4v) is 3.05. The van der Waals surface area contributed by atoms with E-state index in [0.717, 1.165) is 18.2 Å². The summed E-state index contributed by atoms with van der Waals surface area (Å²) in [7, 11) is -3.96. The van der Waals surface area contributed by atoms with Crippen LogP contribution in [-0.4, -0.2) is 20.3 Å². The van der Waals surface area contributed by atoms with Crippen LogP contribution in [-0.2, 0) is 10.0 Å². The number of alkyl halides is 3. The Labute approximate surface area is 146 Å². The molecule has 1 atom stereocenters. The van der Waals surface area contributed by atoms with Gasteiger partial charge in [-0.1, -0.05) is 5.10 Å². The van der Waals surface area contributed by atoms with Crippen LogP contribution in [0.2, 0.25) is 0 Å². The van der Waals surface area contributed by atoms with Gasteiger partial charge >= 0.3 is 6.18 Å². The van der Waals surface area contributed by atoms with Gasteiger partial charge < -0.3 is 0 Å². The van der Waals surface area contributed by atoms with Crippen LogP contribution in [0.15, 0.2) is 70.8 Å². The van der Waals surface area contributed by atoms with Gasteiger partial charge in [0, 0.05) is 30.3 Å². The SMILES string of the molecule is NS(=O)(=O)c1ccc([N+]2(c3ccc(F)cc3)C=CC(C(F)(F)F)=N2)cc1. The van der Waals surface area contributed by atoms with E-state index in [0.29, 0.717) is 0 Å². The summed E-state index contributed by atoms with van der Waals surface area (Å²) < 4.78 is 74.5. The van der Waals surface area contributed by atoms with Crippen molar-refractivity contribution >= 4 is 27.1 Å². The monoisotopic (exact) mass is 386 g/mol. The van der Waals surface area contributed by atoms with Gasteiger partial charge in [-0.05, 0) is 24.3 Å². The van der Waals surface area contributed by atoms with Crippen LogP contribution in [0.25, 0.3) is 0 Å². The predicted molar refractivity (Wildman–Crippen MR) is 88.3 cm³/mol. The van der Waals surface area contributed by atoms with Gasteiger partial charge in [0.25, 0.3) is 0 Å². The second kappa shape index (κ2) is 6.01. The Morgan fingerprint density at radius 2 is 1.42 bits per heavy atom. The highest BCUT2D eigenvalue weighted by Crippen LogP contribution is 2.40. The summed E-state index contributed by atoms with van der Waals surface area (Å²) in [6.45, 7) is 0. The van der Waals surface area contributed by atoms with Gasteiger partial charge in [-0.2, -0.15) is 13.2 Å². The van der Waals surface area contributed by atoms with Crippen molar-refractivity contribution in [3.8, 4) is 0 Å². The second-order valence-corrected chi connectivity index (χ2v) is 7.06. The van der Waals surface area contributed by atoms with Crippen LogP contribution in [0.4, 0.5) is 28.9 Å². The Balaban J connectivity index is 2.19. The fourth-order valence-electron chi connectivity index (χ4n) is 2.53. The Bertz CT molecular complexity index is 997. The van der Waals surface area contributed by atoms with E-state index in [-0.39, 0.29) is 16.3 Å². The summed E-state index contributed by atoms with van der Waals surface area (Å²) in [6.07, 6.45) is -2.67. The van der Waals surface area contributed by atoms with Crippen molar-refractivity contribution < 1.29 is 26.0 Å². The van der Waals surface area contributed by atoms with Gasteiger partial charge in [0.15, 0.2) is 11.4 Å². The van der Waals surface area contributed by atoms with Gasteiger partial charge in [0.1, 0.15) is 12.0 Å². The molecule has 2 aromatic carbocycles. The van der Waals surface area contributed by atoms with Crippen LogP contribution in [0.3, 0.4) is 0 Å². The normalized spacial score (nSPS) is 20.3. The first kappa shape index (κ1) is 18.2. The van der Waals surface area contributed by atoms with Crippen molar-refractivity contribution in [2.45, 2.75) is 11.1 Å². The highest BCUT2D eigenvalue weighted by Gasteiger charge is 2.45. The number of sulfonamides is 1. The van der Waals surface area contributed by atoms with Crippen LogP contribution in [0.1, 0.15) is 0 Å². The van der Waals surface area contributed by atoms with Crippen molar-refractivity contribution in [1.29, 1.82) is 0 Å². The first-order valence-electron chi connectivity index (χ1n) is 7.17. The van der Waals surface area contributed by atoms with Crippen molar-refractivity contribution in [2.24, 2.45) is 10.2 Å². The van der Waals surface area contributed by atoms with Gasteiger partial charge in [-0.3, -0.25) is 0 Å². The first-order valence-corrected chi connectivity index (χ1v) is 8.72. The minimum atomic E-state index is -4.67. The van der Waals surface area contributed by atoms with Crippen molar-refractivity contribution in [3.63, 3.8) is 0 Å². The summed E-state index contributed by atoms with van der Waals surface area (Å²) in [5, 5.41) is 8.80. The zero-order valence-electron chi connectivity index (χ0n) is 13.0. The molecular weight excluding hydrogens is 374 g/mol. The van der Waals surface area contributed by atoms with E-state index >= 15 is 0 Å². The third-order valence-corrected chi connectivity index (χ3v) is 4.71. The lowest BCUT2D eigenvalue weighted by Crippen LogP contribution is -2.32. The minimum Gasteiger partial charge on any atom is -0.225 e. The van der Waals surface area contributed by atoms with Gasteiger partial charge in [-0.25, -0.2) is 17.9 Å². The number of nitrogens with zero attached hydrogens (tertiary/aromatic N) is 2. The van der Waals surface area contributed by atoms with Crippen molar-refractivity contribution in [3.05, 3.63) is 66.6 Å². The number of primary sulfonamides is 1. The average Bonchev–Trinajstić information content (AvgIpc) is 3.02. The largest absolute Gasteiger partial charge is 0.438 e. The zero-order chi connectivity index (χ0) is 19.2. The number of rotatable bonds is 3. The maximum Gasteiger partial charge on any atom is 0.438 e. The maximum absolute atomic E-state index is 13.2. The number of benzene rings is 2. The van der Waals surface area contributed by atoms with Crippen molar-refractivity contribution in [2.75, 3.05) is 0 Å². The van der Waals surface area contributed by atoms with E-state index in [9.17, 15) is 26.0 Å². The van der Waals surface area contributed by atoms with Crippen LogP contribution < -0.4 is 9.73 Å². The molecule has 1 heterocycles. The molecule has 136 valence electrons. The van der Waals surface area contributed by atoms with E-state index in [2.05, 4.69) is 5.10 Å². The van der Waals surface area contributed by atoms with Crippen LogP contribution in [0.5, 0.6) is 0 Å². The number of hydrogen-bond acceptors (Lipinski definition) is 3. The number of hydrogen-bond donors (Lipinski definition) is 1. The molecule has 3 rings (SSSR count). The Morgan fingerprint density at radius 1 is 0.923 bits per heavy atom. The quantitative estimate of drug-likeness (QED) is 0.647. The molecule has 2 aromatic rings. The molecule has 0 amide bonds. The topological polar surface area (TPSA) is 72.5 Å². The molecule has 1 unspecified atom stereocenters. The van der Waals surface area contributed by atoms with Crippen molar-refractivity contribution in [1.82, 2.24) is 4.59 Å². The number of quaternary nitrogens is 1. The summed E-state index contributed by atoms with van der Waals surface area (Å²) in [4.78, 5) is -0.193. The molecular formula is C16H12F4N3O2S+. The highest BCUT2D eigenvalue weighted by molar-refractivity contribution is 7.89. The molecule has 0 saturated heterocycles. The third kappa shape index (κ3) is 3.26. The van der Waals surface area contributed by atoms with Crippen LogP contribution in [0, 0.1) is 5.82 Å². The molecule has 2 N–H and O–H groups in total. The van der Waals surface area contributed by atoms with Gasteiger partial charge in [0.2, 0.25) is 15.7 Å².